The Kier molecular flexibility index (Phi) is 7.19. The quantitative estimate of drug-likeness (QED) is 0.727. The molecule has 0 amide bonds. The van der Waals surface area contributed by atoms with Crippen molar-refractivity contribution in [2.24, 2.45) is 0 Å². The fourth-order valence-electron chi connectivity index (χ4n) is 2.25. The van der Waals surface area contributed by atoms with Gasteiger partial charge in [0, 0.05) is 31.9 Å². The molecular weight excluding hydrogens is 266 g/mol. The van der Waals surface area contributed by atoms with E-state index < -0.39 is 12.0 Å². The molecule has 0 aliphatic rings. The number of hydrogen-bond donors (Lipinski definition) is 2. The van der Waals surface area contributed by atoms with Crippen LogP contribution in [-0.4, -0.2) is 56.3 Å². The van der Waals surface area contributed by atoms with Gasteiger partial charge in [-0.05, 0) is 45.6 Å². The third-order valence-electron chi connectivity index (χ3n) is 3.51. The van der Waals surface area contributed by atoms with E-state index in [9.17, 15) is 9.90 Å². The monoisotopic (exact) mass is 293 g/mol. The average Bonchev–Trinajstić information content (AvgIpc) is 2.45. The minimum Gasteiger partial charge on any atom is -0.480 e. The topological polar surface area (TPSA) is 55.8 Å². The van der Waals surface area contributed by atoms with Crippen LogP contribution < -0.4 is 10.2 Å². The number of aliphatic carboxylic acids is 1. The SMILES string of the molecule is CCN(CC)c1ccc(C(NCCN(C)C)C(=O)O)cc1. The lowest BCUT2D eigenvalue weighted by atomic mass is 10.1. The van der Waals surface area contributed by atoms with E-state index in [-0.39, 0.29) is 0 Å². The van der Waals surface area contributed by atoms with Crippen molar-refractivity contribution < 1.29 is 9.90 Å². The molecule has 0 fully saturated rings. The number of rotatable bonds is 9. The Morgan fingerprint density at radius 2 is 1.76 bits per heavy atom. The molecular formula is C16H27N3O2. The van der Waals surface area contributed by atoms with Crippen molar-refractivity contribution in [1.29, 1.82) is 0 Å². The molecule has 1 rings (SSSR count). The first-order valence-electron chi connectivity index (χ1n) is 7.45. The molecule has 0 bridgehead atoms. The molecule has 118 valence electrons. The molecule has 0 aliphatic carbocycles. The minimum atomic E-state index is -0.843. The van der Waals surface area contributed by atoms with Crippen LogP contribution in [0.4, 0.5) is 5.69 Å². The van der Waals surface area contributed by atoms with E-state index in [1.165, 1.54) is 0 Å². The third-order valence-corrected chi connectivity index (χ3v) is 3.51. The van der Waals surface area contributed by atoms with Crippen LogP contribution in [0.25, 0.3) is 0 Å². The van der Waals surface area contributed by atoms with Gasteiger partial charge in [-0.3, -0.25) is 10.1 Å². The van der Waals surface area contributed by atoms with Crippen molar-refractivity contribution in [2.75, 3.05) is 45.2 Å². The van der Waals surface area contributed by atoms with Crippen molar-refractivity contribution in [3.8, 4) is 0 Å². The van der Waals surface area contributed by atoms with Crippen LogP contribution in [0.2, 0.25) is 0 Å². The van der Waals surface area contributed by atoms with Crippen molar-refractivity contribution in [2.45, 2.75) is 19.9 Å². The molecule has 21 heavy (non-hydrogen) atoms. The second-order valence-corrected chi connectivity index (χ2v) is 5.29. The molecule has 0 aliphatic heterocycles. The Balaban J connectivity index is 2.77. The number of nitrogens with one attached hydrogen (secondary N) is 1. The number of anilines is 1. The van der Waals surface area contributed by atoms with Gasteiger partial charge in [0.05, 0.1) is 0 Å². The van der Waals surface area contributed by atoms with Crippen molar-refractivity contribution in [3.63, 3.8) is 0 Å². The number of carboxylic acid groups (broad SMARTS) is 1. The van der Waals surface area contributed by atoms with Gasteiger partial charge < -0.3 is 14.9 Å². The number of nitrogens with zero attached hydrogens (tertiary/aromatic N) is 2. The molecule has 5 nitrogen and oxygen atoms in total. The molecule has 2 N–H and O–H groups in total. The maximum Gasteiger partial charge on any atom is 0.325 e. The van der Waals surface area contributed by atoms with E-state index in [2.05, 4.69) is 24.1 Å². The highest BCUT2D eigenvalue weighted by atomic mass is 16.4. The van der Waals surface area contributed by atoms with Gasteiger partial charge in [0.25, 0.3) is 0 Å². The number of benzene rings is 1. The molecule has 1 aromatic carbocycles. The Morgan fingerprint density at radius 1 is 1.19 bits per heavy atom. The Hall–Kier alpha value is -1.59. The first-order chi connectivity index (χ1) is 9.99. The number of hydrogen-bond acceptors (Lipinski definition) is 4. The zero-order valence-corrected chi connectivity index (χ0v) is 13.5. The van der Waals surface area contributed by atoms with Crippen LogP contribution in [0.1, 0.15) is 25.5 Å². The standard InChI is InChI=1S/C16H27N3O2/c1-5-19(6-2)14-9-7-13(8-10-14)15(16(20)21)17-11-12-18(3)4/h7-10,15,17H,5-6,11-12H2,1-4H3,(H,20,21). The summed E-state index contributed by atoms with van der Waals surface area (Å²) < 4.78 is 0. The maximum atomic E-state index is 11.4. The van der Waals surface area contributed by atoms with Crippen LogP contribution in [0, 0.1) is 0 Å². The molecule has 1 unspecified atom stereocenters. The summed E-state index contributed by atoms with van der Waals surface area (Å²) in [6, 6.07) is 7.12. The summed E-state index contributed by atoms with van der Waals surface area (Å²) in [6.07, 6.45) is 0. The van der Waals surface area contributed by atoms with E-state index in [0.717, 1.165) is 30.9 Å². The second-order valence-electron chi connectivity index (χ2n) is 5.29. The summed E-state index contributed by atoms with van der Waals surface area (Å²) in [5.74, 6) is -0.843. The zero-order valence-electron chi connectivity index (χ0n) is 13.5. The lowest BCUT2D eigenvalue weighted by Crippen LogP contribution is -2.34. The van der Waals surface area contributed by atoms with Gasteiger partial charge in [-0.2, -0.15) is 0 Å². The number of carboxylic acids is 1. The molecule has 1 aromatic rings. The predicted molar refractivity (Wildman–Crippen MR) is 86.9 cm³/mol. The fourth-order valence-corrected chi connectivity index (χ4v) is 2.25. The smallest absolute Gasteiger partial charge is 0.325 e. The van der Waals surface area contributed by atoms with E-state index in [1.807, 2.05) is 43.3 Å². The molecule has 0 aromatic heterocycles. The Labute approximate surface area is 127 Å². The summed E-state index contributed by atoms with van der Waals surface area (Å²) in [5, 5.41) is 12.5. The van der Waals surface area contributed by atoms with Crippen LogP contribution >= 0.6 is 0 Å². The van der Waals surface area contributed by atoms with Gasteiger partial charge >= 0.3 is 5.97 Å². The first-order valence-corrected chi connectivity index (χ1v) is 7.45. The van der Waals surface area contributed by atoms with Crippen molar-refractivity contribution >= 4 is 11.7 Å². The predicted octanol–water partition coefficient (Wildman–Crippen LogP) is 1.81. The maximum absolute atomic E-state index is 11.4. The van der Waals surface area contributed by atoms with Crippen molar-refractivity contribution in [3.05, 3.63) is 29.8 Å². The highest BCUT2D eigenvalue weighted by molar-refractivity contribution is 5.75. The first kappa shape index (κ1) is 17.5. The van der Waals surface area contributed by atoms with Crippen LogP contribution in [0.3, 0.4) is 0 Å². The number of carbonyl (C=O) groups is 1. The zero-order chi connectivity index (χ0) is 15.8. The Morgan fingerprint density at radius 3 is 2.19 bits per heavy atom. The van der Waals surface area contributed by atoms with Gasteiger partial charge in [0.1, 0.15) is 6.04 Å². The highest BCUT2D eigenvalue weighted by Gasteiger charge is 2.19. The molecule has 0 spiro atoms. The summed E-state index contributed by atoms with van der Waals surface area (Å²) >= 11 is 0. The van der Waals surface area contributed by atoms with Crippen LogP contribution in [0.15, 0.2) is 24.3 Å². The molecule has 0 radical (unpaired) electrons. The molecule has 1 atom stereocenters. The lowest BCUT2D eigenvalue weighted by molar-refractivity contribution is -0.139. The average molecular weight is 293 g/mol. The van der Waals surface area contributed by atoms with E-state index in [1.54, 1.807) is 0 Å². The molecule has 0 saturated carbocycles. The van der Waals surface area contributed by atoms with Gasteiger partial charge in [0.2, 0.25) is 0 Å². The van der Waals surface area contributed by atoms with Crippen molar-refractivity contribution in [1.82, 2.24) is 10.2 Å². The summed E-state index contributed by atoms with van der Waals surface area (Å²) in [4.78, 5) is 15.7. The minimum absolute atomic E-state index is 0.641. The Bertz CT molecular complexity index is 428. The van der Waals surface area contributed by atoms with Crippen LogP contribution in [0.5, 0.6) is 0 Å². The summed E-state index contributed by atoms with van der Waals surface area (Å²) in [6.45, 7) is 7.56. The second kappa shape index (κ2) is 8.64. The third kappa shape index (κ3) is 5.36. The molecule has 5 heteroatoms. The highest BCUT2D eigenvalue weighted by Crippen LogP contribution is 2.19. The largest absolute Gasteiger partial charge is 0.480 e. The van der Waals surface area contributed by atoms with Gasteiger partial charge in [-0.1, -0.05) is 12.1 Å². The van der Waals surface area contributed by atoms with Gasteiger partial charge in [-0.25, -0.2) is 0 Å². The van der Waals surface area contributed by atoms with Crippen LogP contribution in [-0.2, 0) is 4.79 Å². The lowest BCUT2D eigenvalue weighted by Gasteiger charge is -2.22. The van der Waals surface area contributed by atoms with Gasteiger partial charge in [-0.15, -0.1) is 0 Å². The van der Waals surface area contributed by atoms with E-state index >= 15 is 0 Å². The summed E-state index contributed by atoms with van der Waals surface area (Å²) in [7, 11) is 3.94. The van der Waals surface area contributed by atoms with E-state index in [0.29, 0.717) is 6.54 Å². The van der Waals surface area contributed by atoms with Gasteiger partial charge in [0.15, 0.2) is 0 Å². The van der Waals surface area contributed by atoms with E-state index in [4.69, 9.17) is 0 Å². The summed E-state index contributed by atoms with van der Waals surface area (Å²) in [5.41, 5.74) is 1.92. The number of likely N-dealkylation sites (N-methyl/N-ethyl adjacent to an activating group) is 1. The molecule has 0 saturated heterocycles. The normalized spacial score (nSPS) is 12.4. The molecule has 0 heterocycles. The fraction of sp³-hybridized carbons (Fsp3) is 0.562.